The minimum atomic E-state index is -1.44. The van der Waals surface area contributed by atoms with Crippen molar-refractivity contribution < 1.29 is 23.5 Å². The van der Waals surface area contributed by atoms with Crippen LogP contribution in [0.2, 0.25) is 0 Å². The molecule has 0 saturated carbocycles. The summed E-state index contributed by atoms with van der Waals surface area (Å²) in [7, 11) is 0. The Balaban J connectivity index is 2.74. The van der Waals surface area contributed by atoms with Gasteiger partial charge in [0.1, 0.15) is 17.2 Å². The van der Waals surface area contributed by atoms with Crippen LogP contribution in [0.4, 0.5) is 8.78 Å². The van der Waals surface area contributed by atoms with Crippen molar-refractivity contribution >= 4 is 11.9 Å². The van der Waals surface area contributed by atoms with E-state index < -0.39 is 29.0 Å². The van der Waals surface area contributed by atoms with Gasteiger partial charge >= 0.3 is 5.97 Å². The molecular weight excluding hydrogens is 244 g/mol. The van der Waals surface area contributed by atoms with Crippen LogP contribution in [0.5, 0.6) is 0 Å². The van der Waals surface area contributed by atoms with Crippen LogP contribution in [0, 0.1) is 11.6 Å². The molecule has 0 aromatic heterocycles. The highest BCUT2D eigenvalue weighted by Crippen LogP contribution is 2.11. The van der Waals surface area contributed by atoms with Gasteiger partial charge in [0.2, 0.25) is 5.91 Å². The van der Waals surface area contributed by atoms with Gasteiger partial charge in [0.05, 0.1) is 6.42 Å². The van der Waals surface area contributed by atoms with E-state index in [9.17, 15) is 18.4 Å². The highest BCUT2D eigenvalue weighted by Gasteiger charge is 2.28. The molecule has 98 valence electrons. The number of halogens is 2. The Kier molecular flexibility index (Phi) is 4.00. The third-order valence-corrected chi connectivity index (χ3v) is 2.35. The second-order valence-corrected chi connectivity index (χ2v) is 4.39. The lowest BCUT2D eigenvalue weighted by Crippen LogP contribution is -2.50. The van der Waals surface area contributed by atoms with Crippen molar-refractivity contribution in [2.45, 2.75) is 25.8 Å². The number of carboxylic acids is 1. The van der Waals surface area contributed by atoms with Crippen molar-refractivity contribution in [1.82, 2.24) is 5.32 Å². The van der Waals surface area contributed by atoms with Gasteiger partial charge in [0, 0.05) is 6.07 Å². The largest absolute Gasteiger partial charge is 0.480 e. The van der Waals surface area contributed by atoms with E-state index in [0.717, 1.165) is 12.1 Å². The molecule has 0 atom stereocenters. The van der Waals surface area contributed by atoms with Gasteiger partial charge in [-0.05, 0) is 25.5 Å². The fourth-order valence-electron chi connectivity index (χ4n) is 1.28. The van der Waals surface area contributed by atoms with Gasteiger partial charge in [-0.25, -0.2) is 13.6 Å². The van der Waals surface area contributed by atoms with E-state index in [2.05, 4.69) is 5.32 Å². The summed E-state index contributed by atoms with van der Waals surface area (Å²) in [4.78, 5) is 22.3. The van der Waals surface area contributed by atoms with Gasteiger partial charge in [-0.2, -0.15) is 0 Å². The van der Waals surface area contributed by atoms with Gasteiger partial charge in [0.25, 0.3) is 0 Å². The quantitative estimate of drug-likeness (QED) is 0.858. The molecule has 18 heavy (non-hydrogen) atoms. The Morgan fingerprint density at radius 2 is 1.94 bits per heavy atom. The van der Waals surface area contributed by atoms with E-state index in [1.54, 1.807) is 0 Å². The van der Waals surface area contributed by atoms with Crippen molar-refractivity contribution in [3.63, 3.8) is 0 Å². The molecule has 0 aliphatic rings. The molecule has 1 rings (SSSR count). The molecule has 0 unspecified atom stereocenters. The zero-order valence-electron chi connectivity index (χ0n) is 9.96. The zero-order chi connectivity index (χ0) is 13.9. The standard InChI is InChI=1S/C12H13F2NO3/c1-12(2,11(17)18)15-10(16)5-7-3-4-8(13)6-9(7)14/h3-4,6H,5H2,1-2H3,(H,15,16)(H,17,18). The number of rotatable bonds is 4. The summed E-state index contributed by atoms with van der Waals surface area (Å²) in [5, 5.41) is 11.1. The van der Waals surface area contributed by atoms with Crippen molar-refractivity contribution in [2.75, 3.05) is 0 Å². The SMILES string of the molecule is CC(C)(NC(=O)Cc1ccc(F)cc1F)C(=O)O. The molecule has 0 aliphatic heterocycles. The average molecular weight is 257 g/mol. The Morgan fingerprint density at radius 3 is 2.44 bits per heavy atom. The van der Waals surface area contributed by atoms with E-state index in [4.69, 9.17) is 5.11 Å². The van der Waals surface area contributed by atoms with E-state index in [1.807, 2.05) is 0 Å². The highest BCUT2D eigenvalue weighted by atomic mass is 19.1. The fourth-order valence-corrected chi connectivity index (χ4v) is 1.28. The molecule has 1 aromatic carbocycles. The molecule has 0 bridgehead atoms. The van der Waals surface area contributed by atoms with Crippen molar-refractivity contribution in [2.24, 2.45) is 0 Å². The molecule has 0 heterocycles. The van der Waals surface area contributed by atoms with Crippen LogP contribution in [-0.4, -0.2) is 22.5 Å². The summed E-state index contributed by atoms with van der Waals surface area (Å²) in [6, 6.07) is 2.86. The number of hydrogen-bond acceptors (Lipinski definition) is 2. The summed E-state index contributed by atoms with van der Waals surface area (Å²) >= 11 is 0. The first kappa shape index (κ1) is 14.1. The number of aliphatic carboxylic acids is 1. The molecule has 6 heteroatoms. The summed E-state index contributed by atoms with van der Waals surface area (Å²) < 4.78 is 25.9. The minimum absolute atomic E-state index is 0.00934. The van der Waals surface area contributed by atoms with Gasteiger partial charge < -0.3 is 10.4 Å². The Morgan fingerprint density at radius 1 is 1.33 bits per heavy atom. The number of amides is 1. The van der Waals surface area contributed by atoms with Crippen LogP contribution in [0.1, 0.15) is 19.4 Å². The van der Waals surface area contributed by atoms with Crippen molar-refractivity contribution in [3.05, 3.63) is 35.4 Å². The average Bonchev–Trinajstić information content (AvgIpc) is 2.21. The lowest BCUT2D eigenvalue weighted by atomic mass is 10.0. The smallest absolute Gasteiger partial charge is 0.328 e. The highest BCUT2D eigenvalue weighted by molar-refractivity contribution is 5.87. The van der Waals surface area contributed by atoms with Gasteiger partial charge in [-0.3, -0.25) is 4.79 Å². The third-order valence-electron chi connectivity index (χ3n) is 2.35. The van der Waals surface area contributed by atoms with Gasteiger partial charge in [-0.15, -0.1) is 0 Å². The molecule has 1 amide bonds. The number of nitrogens with one attached hydrogen (secondary N) is 1. The summed E-state index contributed by atoms with van der Waals surface area (Å²) in [5.74, 6) is -3.41. The Labute approximate surface area is 103 Å². The van der Waals surface area contributed by atoms with Crippen molar-refractivity contribution in [3.8, 4) is 0 Å². The van der Waals surface area contributed by atoms with E-state index in [0.29, 0.717) is 6.07 Å². The molecular formula is C12H13F2NO3. The topological polar surface area (TPSA) is 66.4 Å². The van der Waals surface area contributed by atoms with Crippen LogP contribution in [0.25, 0.3) is 0 Å². The van der Waals surface area contributed by atoms with E-state index >= 15 is 0 Å². The van der Waals surface area contributed by atoms with Crippen LogP contribution in [0.15, 0.2) is 18.2 Å². The number of carbonyl (C=O) groups is 2. The van der Waals surface area contributed by atoms with Crippen LogP contribution in [0.3, 0.4) is 0 Å². The summed E-state index contributed by atoms with van der Waals surface area (Å²) in [6.45, 7) is 2.63. The molecule has 0 spiro atoms. The molecule has 1 aromatic rings. The van der Waals surface area contributed by atoms with Gasteiger partial charge in [0.15, 0.2) is 0 Å². The zero-order valence-corrected chi connectivity index (χ0v) is 9.96. The molecule has 0 radical (unpaired) electrons. The molecule has 0 aliphatic carbocycles. The van der Waals surface area contributed by atoms with Gasteiger partial charge in [-0.1, -0.05) is 6.07 Å². The van der Waals surface area contributed by atoms with E-state index in [-0.39, 0.29) is 12.0 Å². The molecule has 0 fully saturated rings. The third kappa shape index (κ3) is 3.51. The van der Waals surface area contributed by atoms with Crippen molar-refractivity contribution in [1.29, 1.82) is 0 Å². The van der Waals surface area contributed by atoms with E-state index in [1.165, 1.54) is 13.8 Å². The first-order valence-electron chi connectivity index (χ1n) is 5.20. The predicted octanol–water partition coefficient (Wildman–Crippen LogP) is 1.49. The number of carboxylic acid groups (broad SMARTS) is 1. The first-order valence-corrected chi connectivity index (χ1v) is 5.20. The Hall–Kier alpha value is -1.98. The maximum absolute atomic E-state index is 13.3. The maximum Gasteiger partial charge on any atom is 0.328 e. The summed E-state index contributed by atoms with van der Waals surface area (Å²) in [5.41, 5.74) is -1.43. The number of benzene rings is 1. The second-order valence-electron chi connectivity index (χ2n) is 4.39. The van der Waals surface area contributed by atoms with Crippen LogP contribution < -0.4 is 5.32 Å². The predicted molar refractivity (Wildman–Crippen MR) is 59.9 cm³/mol. The second kappa shape index (κ2) is 5.12. The lowest BCUT2D eigenvalue weighted by Gasteiger charge is -2.21. The number of carbonyl (C=O) groups excluding carboxylic acids is 1. The molecule has 4 nitrogen and oxygen atoms in total. The first-order chi connectivity index (χ1) is 8.22. The lowest BCUT2D eigenvalue weighted by molar-refractivity contribution is -0.145. The normalized spacial score (nSPS) is 11.1. The maximum atomic E-state index is 13.3. The minimum Gasteiger partial charge on any atom is -0.480 e. The summed E-state index contributed by atoms with van der Waals surface area (Å²) in [6.07, 6.45) is -0.344. The fraction of sp³-hybridized carbons (Fsp3) is 0.333. The van der Waals surface area contributed by atoms with Crippen LogP contribution >= 0.6 is 0 Å². The molecule has 0 saturated heterocycles. The monoisotopic (exact) mass is 257 g/mol. The number of hydrogen-bond donors (Lipinski definition) is 2. The van der Waals surface area contributed by atoms with Crippen LogP contribution in [-0.2, 0) is 16.0 Å². The molecule has 2 N–H and O–H groups in total. The Bertz CT molecular complexity index is 486.